The van der Waals surface area contributed by atoms with Crippen molar-refractivity contribution in [1.82, 2.24) is 9.47 Å². The van der Waals surface area contributed by atoms with Gasteiger partial charge in [-0.05, 0) is 30.8 Å². The molecular formula is C16H15BrClN3O. The third-order valence-electron chi connectivity index (χ3n) is 3.28. The van der Waals surface area contributed by atoms with E-state index in [4.69, 9.17) is 18.2 Å². The molecule has 0 fully saturated rings. The summed E-state index contributed by atoms with van der Waals surface area (Å²) in [4.78, 5) is 17.6. The summed E-state index contributed by atoms with van der Waals surface area (Å²) < 4.78 is 2.41. The van der Waals surface area contributed by atoms with Crippen LogP contribution < -0.4 is 5.56 Å². The smallest absolute Gasteiger partial charge is 0.270 e. The Morgan fingerprint density at radius 1 is 1.41 bits per heavy atom. The van der Waals surface area contributed by atoms with E-state index in [-0.39, 0.29) is 18.3 Å². The predicted molar refractivity (Wildman–Crippen MR) is 92.1 cm³/mol. The Kier molecular flexibility index (Phi) is 5.78. The zero-order chi connectivity index (χ0) is 16.1. The highest BCUT2D eigenvalue weighted by atomic mass is 79.9. The molecule has 0 aliphatic carbocycles. The summed E-state index contributed by atoms with van der Waals surface area (Å²) in [6.45, 7) is 7.80. The minimum atomic E-state index is -0.203. The van der Waals surface area contributed by atoms with Gasteiger partial charge in [0.2, 0.25) is 0 Å². The standard InChI is InChI=1S/C16H15BrClN3O/c1-19-11-20(2)10-15(12-4-3-5-14(18)8-12)21-7-6-13(17)9-16(21)22/h3-9,15H,10-11H2,2H3. The molecule has 1 aromatic carbocycles. The van der Waals surface area contributed by atoms with Gasteiger partial charge in [-0.1, -0.05) is 39.7 Å². The Balaban J connectivity index is 2.45. The van der Waals surface area contributed by atoms with Crippen LogP contribution >= 0.6 is 27.5 Å². The van der Waals surface area contributed by atoms with Crippen molar-refractivity contribution in [2.24, 2.45) is 0 Å². The van der Waals surface area contributed by atoms with Crippen LogP contribution in [0.25, 0.3) is 4.85 Å². The summed E-state index contributed by atoms with van der Waals surface area (Å²) in [5.74, 6) is 0. The van der Waals surface area contributed by atoms with Gasteiger partial charge in [0.15, 0.2) is 0 Å². The average molecular weight is 381 g/mol. The SMILES string of the molecule is [C-]#[N+]CN(C)CC(c1cccc(Cl)c1)n1ccc(Br)cc1=O. The number of hydrogen-bond donors (Lipinski definition) is 0. The molecule has 114 valence electrons. The molecule has 0 aliphatic heterocycles. The van der Waals surface area contributed by atoms with Gasteiger partial charge in [-0.15, -0.1) is 0 Å². The third-order valence-corrected chi connectivity index (χ3v) is 4.00. The van der Waals surface area contributed by atoms with Crippen LogP contribution in [0.3, 0.4) is 0 Å². The van der Waals surface area contributed by atoms with E-state index < -0.39 is 0 Å². The number of pyridine rings is 1. The number of benzene rings is 1. The predicted octanol–water partition coefficient (Wildman–Crippen LogP) is 3.66. The first-order valence-electron chi connectivity index (χ1n) is 6.66. The zero-order valence-electron chi connectivity index (χ0n) is 12.0. The van der Waals surface area contributed by atoms with E-state index in [1.807, 2.05) is 36.2 Å². The second-order valence-electron chi connectivity index (χ2n) is 5.00. The minimum Gasteiger partial charge on any atom is -0.307 e. The Hall–Kier alpha value is -1.61. The molecule has 4 nitrogen and oxygen atoms in total. The molecule has 22 heavy (non-hydrogen) atoms. The average Bonchev–Trinajstić information content (AvgIpc) is 2.46. The quantitative estimate of drug-likeness (QED) is 0.741. The Morgan fingerprint density at radius 2 is 2.18 bits per heavy atom. The molecular weight excluding hydrogens is 366 g/mol. The van der Waals surface area contributed by atoms with E-state index >= 15 is 0 Å². The highest BCUT2D eigenvalue weighted by molar-refractivity contribution is 9.10. The van der Waals surface area contributed by atoms with Crippen molar-refractivity contribution in [3.8, 4) is 0 Å². The van der Waals surface area contributed by atoms with Crippen LogP contribution in [0.2, 0.25) is 5.02 Å². The second-order valence-corrected chi connectivity index (χ2v) is 6.35. The van der Waals surface area contributed by atoms with Crippen molar-refractivity contribution in [2.45, 2.75) is 6.04 Å². The maximum absolute atomic E-state index is 12.3. The maximum atomic E-state index is 12.3. The number of hydrogen-bond acceptors (Lipinski definition) is 2. The van der Waals surface area contributed by atoms with E-state index in [0.717, 1.165) is 10.0 Å². The van der Waals surface area contributed by atoms with E-state index in [1.54, 1.807) is 16.8 Å². The van der Waals surface area contributed by atoms with Crippen molar-refractivity contribution < 1.29 is 0 Å². The molecule has 1 heterocycles. The fraction of sp³-hybridized carbons (Fsp3) is 0.250. The van der Waals surface area contributed by atoms with Gasteiger partial charge in [-0.3, -0.25) is 9.64 Å². The summed E-state index contributed by atoms with van der Waals surface area (Å²) in [7, 11) is 1.86. The molecule has 0 saturated heterocycles. The highest BCUT2D eigenvalue weighted by Gasteiger charge is 2.18. The Labute approximate surface area is 142 Å². The summed E-state index contributed by atoms with van der Waals surface area (Å²) >= 11 is 9.39. The van der Waals surface area contributed by atoms with Crippen molar-refractivity contribution >= 4 is 27.5 Å². The number of aromatic nitrogens is 1. The molecule has 0 N–H and O–H groups in total. The first-order valence-corrected chi connectivity index (χ1v) is 7.83. The number of rotatable bonds is 5. The molecule has 0 spiro atoms. The normalized spacial score (nSPS) is 12.1. The van der Waals surface area contributed by atoms with Gasteiger partial charge in [0.25, 0.3) is 12.2 Å². The van der Waals surface area contributed by atoms with E-state index in [0.29, 0.717) is 11.6 Å². The first kappa shape index (κ1) is 16.8. The summed E-state index contributed by atoms with van der Waals surface area (Å²) in [5, 5.41) is 0.625. The molecule has 6 heteroatoms. The molecule has 1 unspecified atom stereocenters. The molecule has 0 amide bonds. The molecule has 0 bridgehead atoms. The van der Waals surface area contributed by atoms with Crippen LogP contribution in [-0.2, 0) is 0 Å². The lowest BCUT2D eigenvalue weighted by Gasteiger charge is -2.24. The van der Waals surface area contributed by atoms with Gasteiger partial charge in [-0.2, -0.15) is 0 Å². The summed E-state index contributed by atoms with van der Waals surface area (Å²) in [6.07, 6.45) is 1.75. The van der Waals surface area contributed by atoms with Crippen LogP contribution in [0.5, 0.6) is 0 Å². The van der Waals surface area contributed by atoms with E-state index in [9.17, 15) is 4.79 Å². The lowest BCUT2D eigenvalue weighted by atomic mass is 10.1. The summed E-state index contributed by atoms with van der Waals surface area (Å²) in [5.41, 5.74) is 0.837. The van der Waals surface area contributed by atoms with Crippen LogP contribution in [0.4, 0.5) is 0 Å². The third kappa shape index (κ3) is 4.20. The largest absolute Gasteiger partial charge is 0.307 e. The summed E-state index contributed by atoms with van der Waals surface area (Å²) in [6, 6.07) is 10.6. The van der Waals surface area contributed by atoms with Gasteiger partial charge >= 0.3 is 0 Å². The Bertz CT molecular complexity index is 754. The van der Waals surface area contributed by atoms with E-state index in [1.165, 1.54) is 6.07 Å². The fourth-order valence-corrected chi connectivity index (χ4v) is 2.78. The highest BCUT2D eigenvalue weighted by Crippen LogP contribution is 2.22. The van der Waals surface area contributed by atoms with Crippen LogP contribution in [-0.4, -0.2) is 29.7 Å². The van der Waals surface area contributed by atoms with Gasteiger partial charge in [0.1, 0.15) is 0 Å². The van der Waals surface area contributed by atoms with Crippen molar-refractivity contribution in [1.29, 1.82) is 0 Å². The maximum Gasteiger partial charge on any atom is 0.270 e. The first-order chi connectivity index (χ1) is 10.5. The van der Waals surface area contributed by atoms with Crippen LogP contribution in [0.15, 0.2) is 51.9 Å². The number of halogens is 2. The minimum absolute atomic E-state index is 0.101. The number of nitrogens with zero attached hydrogens (tertiary/aromatic N) is 3. The van der Waals surface area contributed by atoms with Crippen LogP contribution in [0, 0.1) is 6.57 Å². The lowest BCUT2D eigenvalue weighted by Crippen LogP contribution is -2.33. The van der Waals surface area contributed by atoms with Crippen LogP contribution in [0.1, 0.15) is 11.6 Å². The molecule has 0 radical (unpaired) electrons. The molecule has 1 aromatic heterocycles. The fourth-order valence-electron chi connectivity index (χ4n) is 2.26. The van der Waals surface area contributed by atoms with Gasteiger partial charge < -0.3 is 4.57 Å². The van der Waals surface area contributed by atoms with Crippen molar-refractivity contribution in [3.05, 3.63) is 79.4 Å². The van der Waals surface area contributed by atoms with Crippen molar-refractivity contribution in [2.75, 3.05) is 20.3 Å². The topological polar surface area (TPSA) is 29.6 Å². The molecule has 0 aliphatic rings. The molecule has 2 aromatic rings. The van der Waals surface area contributed by atoms with Gasteiger partial charge in [0, 0.05) is 28.3 Å². The molecule has 2 rings (SSSR count). The Morgan fingerprint density at radius 3 is 2.82 bits per heavy atom. The second kappa shape index (κ2) is 7.59. The number of likely N-dealkylation sites (N-methyl/N-ethyl adjacent to an activating group) is 1. The van der Waals surface area contributed by atoms with Gasteiger partial charge in [0.05, 0.1) is 6.04 Å². The lowest BCUT2D eigenvalue weighted by molar-refractivity contribution is 0.318. The van der Waals surface area contributed by atoms with Crippen molar-refractivity contribution in [3.63, 3.8) is 0 Å². The zero-order valence-corrected chi connectivity index (χ0v) is 14.4. The van der Waals surface area contributed by atoms with E-state index in [2.05, 4.69) is 20.8 Å². The van der Waals surface area contributed by atoms with Gasteiger partial charge in [-0.25, -0.2) is 11.5 Å². The monoisotopic (exact) mass is 379 g/mol. The molecule has 1 atom stereocenters. The molecule has 0 saturated carbocycles.